The summed E-state index contributed by atoms with van der Waals surface area (Å²) in [6.07, 6.45) is 2.71. The number of halogens is 3. The predicted molar refractivity (Wildman–Crippen MR) is 95.6 cm³/mol. The molecule has 0 aromatic heterocycles. The fourth-order valence-corrected chi connectivity index (χ4v) is 3.03. The number of para-hydroxylation sites is 1. The van der Waals surface area contributed by atoms with Gasteiger partial charge in [0.2, 0.25) is 5.91 Å². The summed E-state index contributed by atoms with van der Waals surface area (Å²) in [7, 11) is 0. The minimum Gasteiger partial charge on any atom is -0.366 e. The van der Waals surface area contributed by atoms with Gasteiger partial charge in [-0.2, -0.15) is 0 Å². The van der Waals surface area contributed by atoms with Crippen LogP contribution in [-0.2, 0) is 4.79 Å². The second-order valence-electron chi connectivity index (χ2n) is 5.73. The number of amides is 1. The molecule has 3 nitrogen and oxygen atoms in total. The summed E-state index contributed by atoms with van der Waals surface area (Å²) in [6, 6.07) is 11.0. The molecule has 0 radical (unpaired) electrons. The molecule has 2 aromatic carbocycles. The Labute approximate surface area is 150 Å². The molecule has 0 spiro atoms. The third-order valence-corrected chi connectivity index (χ3v) is 4.51. The maximum absolute atomic E-state index is 13.8. The zero-order chi connectivity index (χ0) is 17.8. The van der Waals surface area contributed by atoms with E-state index in [0.717, 1.165) is 0 Å². The van der Waals surface area contributed by atoms with Gasteiger partial charge >= 0.3 is 0 Å². The molecule has 1 amide bonds. The Balaban J connectivity index is 1.62. The van der Waals surface area contributed by atoms with Gasteiger partial charge in [-0.1, -0.05) is 29.8 Å². The Morgan fingerprint density at radius 1 is 0.960 bits per heavy atom. The molecule has 1 heterocycles. The molecule has 0 bridgehead atoms. The summed E-state index contributed by atoms with van der Waals surface area (Å²) in [5, 5.41) is 0.258. The van der Waals surface area contributed by atoms with E-state index in [2.05, 4.69) is 0 Å². The van der Waals surface area contributed by atoms with Crippen molar-refractivity contribution in [2.75, 3.05) is 31.1 Å². The average Bonchev–Trinajstić information content (AvgIpc) is 2.62. The van der Waals surface area contributed by atoms with E-state index < -0.39 is 5.82 Å². The van der Waals surface area contributed by atoms with E-state index in [1.165, 1.54) is 30.4 Å². The van der Waals surface area contributed by atoms with Crippen LogP contribution in [-0.4, -0.2) is 37.0 Å². The molecule has 0 saturated carbocycles. The zero-order valence-corrected chi connectivity index (χ0v) is 14.2. The zero-order valence-electron chi connectivity index (χ0n) is 13.5. The third-order valence-electron chi connectivity index (χ3n) is 4.18. The summed E-state index contributed by atoms with van der Waals surface area (Å²) in [5.41, 5.74) is 0.741. The number of carbonyl (C=O) groups is 1. The van der Waals surface area contributed by atoms with Crippen LogP contribution in [0.1, 0.15) is 5.56 Å². The highest BCUT2D eigenvalue weighted by atomic mass is 35.5. The second kappa shape index (κ2) is 7.66. The van der Waals surface area contributed by atoms with Crippen LogP contribution in [0.4, 0.5) is 14.5 Å². The molecule has 1 aliphatic heterocycles. The van der Waals surface area contributed by atoms with Gasteiger partial charge in [-0.05, 0) is 30.3 Å². The highest BCUT2D eigenvalue weighted by Crippen LogP contribution is 2.22. The molecule has 1 aliphatic rings. The number of anilines is 1. The van der Waals surface area contributed by atoms with Crippen molar-refractivity contribution in [3.63, 3.8) is 0 Å². The van der Waals surface area contributed by atoms with Gasteiger partial charge in [0.1, 0.15) is 11.6 Å². The first-order chi connectivity index (χ1) is 12.1. The smallest absolute Gasteiger partial charge is 0.246 e. The van der Waals surface area contributed by atoms with Crippen molar-refractivity contribution in [3.05, 3.63) is 70.8 Å². The summed E-state index contributed by atoms with van der Waals surface area (Å²) >= 11 is 5.94. The molecule has 130 valence electrons. The van der Waals surface area contributed by atoms with Gasteiger partial charge < -0.3 is 9.80 Å². The highest BCUT2D eigenvalue weighted by molar-refractivity contribution is 6.32. The summed E-state index contributed by atoms with van der Waals surface area (Å²) in [5.74, 6) is -0.954. The molecule has 0 aliphatic carbocycles. The topological polar surface area (TPSA) is 23.6 Å². The lowest BCUT2D eigenvalue weighted by molar-refractivity contribution is -0.126. The Morgan fingerprint density at radius 3 is 2.32 bits per heavy atom. The van der Waals surface area contributed by atoms with Gasteiger partial charge in [-0.3, -0.25) is 4.79 Å². The average molecular weight is 363 g/mol. The van der Waals surface area contributed by atoms with Crippen LogP contribution in [0.3, 0.4) is 0 Å². The maximum Gasteiger partial charge on any atom is 0.246 e. The Bertz CT molecular complexity index is 782. The van der Waals surface area contributed by atoms with Crippen molar-refractivity contribution in [3.8, 4) is 0 Å². The fraction of sp³-hybridized carbons (Fsp3) is 0.211. The normalized spacial score (nSPS) is 15.0. The number of carbonyl (C=O) groups excluding carboxylic acids is 1. The van der Waals surface area contributed by atoms with E-state index in [0.29, 0.717) is 31.9 Å². The molecule has 6 heteroatoms. The van der Waals surface area contributed by atoms with Crippen molar-refractivity contribution in [2.45, 2.75) is 0 Å². The SMILES string of the molecule is O=C(/C=C/c1c(F)cccc1Cl)N1CCN(c2ccccc2F)CC1. The van der Waals surface area contributed by atoms with E-state index in [9.17, 15) is 13.6 Å². The second-order valence-corrected chi connectivity index (χ2v) is 6.14. The molecule has 3 rings (SSSR count). The first kappa shape index (κ1) is 17.4. The van der Waals surface area contributed by atoms with Crippen LogP contribution in [0.25, 0.3) is 6.08 Å². The lowest BCUT2D eigenvalue weighted by Gasteiger charge is -2.35. The highest BCUT2D eigenvalue weighted by Gasteiger charge is 2.21. The van der Waals surface area contributed by atoms with Crippen LogP contribution in [0, 0.1) is 11.6 Å². The Hall–Kier alpha value is -2.40. The number of hydrogen-bond donors (Lipinski definition) is 0. The number of rotatable bonds is 3. The fourth-order valence-electron chi connectivity index (χ4n) is 2.81. The quantitative estimate of drug-likeness (QED) is 0.771. The molecule has 25 heavy (non-hydrogen) atoms. The molecule has 1 saturated heterocycles. The summed E-state index contributed by atoms with van der Waals surface area (Å²) < 4.78 is 27.5. The van der Waals surface area contributed by atoms with E-state index in [1.807, 2.05) is 4.90 Å². The maximum atomic E-state index is 13.8. The van der Waals surface area contributed by atoms with Crippen LogP contribution < -0.4 is 4.90 Å². The molecule has 0 unspecified atom stereocenters. The Morgan fingerprint density at radius 2 is 1.64 bits per heavy atom. The van der Waals surface area contributed by atoms with Crippen molar-refractivity contribution in [2.24, 2.45) is 0 Å². The monoisotopic (exact) mass is 362 g/mol. The number of benzene rings is 2. The van der Waals surface area contributed by atoms with E-state index in [4.69, 9.17) is 11.6 Å². The minimum atomic E-state index is -0.471. The van der Waals surface area contributed by atoms with Crippen molar-refractivity contribution < 1.29 is 13.6 Å². The molecular weight excluding hydrogens is 346 g/mol. The molecular formula is C19H17ClF2N2O. The number of hydrogen-bond acceptors (Lipinski definition) is 2. The van der Waals surface area contributed by atoms with Gasteiger partial charge in [-0.25, -0.2) is 8.78 Å². The standard InChI is InChI=1S/C19H17ClF2N2O/c20-15-4-3-6-16(21)14(15)8-9-19(25)24-12-10-23(11-13-24)18-7-2-1-5-17(18)22/h1-9H,10-13H2/b9-8+. The van der Waals surface area contributed by atoms with Crippen molar-refractivity contribution >= 4 is 29.3 Å². The molecule has 0 atom stereocenters. The van der Waals surface area contributed by atoms with Crippen molar-refractivity contribution in [1.82, 2.24) is 4.90 Å². The first-order valence-corrected chi connectivity index (χ1v) is 8.34. The van der Waals surface area contributed by atoms with Crippen LogP contribution in [0.2, 0.25) is 5.02 Å². The van der Waals surface area contributed by atoms with E-state index in [1.54, 1.807) is 29.2 Å². The lowest BCUT2D eigenvalue weighted by Crippen LogP contribution is -2.48. The summed E-state index contributed by atoms with van der Waals surface area (Å²) in [4.78, 5) is 15.9. The van der Waals surface area contributed by atoms with Gasteiger partial charge in [-0.15, -0.1) is 0 Å². The number of piperazine rings is 1. The molecule has 1 fully saturated rings. The minimum absolute atomic E-state index is 0.197. The van der Waals surface area contributed by atoms with Gasteiger partial charge in [0.05, 0.1) is 10.7 Å². The van der Waals surface area contributed by atoms with E-state index in [-0.39, 0.29) is 22.3 Å². The molecule has 2 aromatic rings. The van der Waals surface area contributed by atoms with Crippen LogP contribution in [0.15, 0.2) is 48.5 Å². The largest absolute Gasteiger partial charge is 0.366 e. The lowest BCUT2D eigenvalue weighted by atomic mass is 10.2. The van der Waals surface area contributed by atoms with Crippen molar-refractivity contribution in [1.29, 1.82) is 0 Å². The first-order valence-electron chi connectivity index (χ1n) is 7.97. The van der Waals surface area contributed by atoms with Gasteiger partial charge in [0.25, 0.3) is 0 Å². The number of nitrogens with zero attached hydrogens (tertiary/aromatic N) is 2. The molecule has 0 N–H and O–H groups in total. The van der Waals surface area contributed by atoms with Gasteiger partial charge in [0.15, 0.2) is 0 Å². The summed E-state index contributed by atoms with van der Waals surface area (Å²) in [6.45, 7) is 2.03. The Kier molecular flexibility index (Phi) is 5.34. The van der Waals surface area contributed by atoms with Crippen LogP contribution in [0.5, 0.6) is 0 Å². The van der Waals surface area contributed by atoms with Crippen LogP contribution >= 0.6 is 11.6 Å². The van der Waals surface area contributed by atoms with Gasteiger partial charge in [0, 0.05) is 37.8 Å². The predicted octanol–water partition coefficient (Wildman–Crippen LogP) is 3.98. The van der Waals surface area contributed by atoms with E-state index >= 15 is 0 Å². The third kappa shape index (κ3) is 3.99.